The van der Waals surface area contributed by atoms with Crippen LogP contribution in [0.5, 0.6) is 5.75 Å². The van der Waals surface area contributed by atoms with Crippen LogP contribution in [-0.4, -0.2) is 38.2 Å². The first-order valence-corrected chi connectivity index (χ1v) is 8.25. The van der Waals surface area contributed by atoms with Crippen LogP contribution in [0.4, 0.5) is 0 Å². The largest absolute Gasteiger partial charge is 0.494 e. The first-order chi connectivity index (χ1) is 10.1. The SMILES string of the molecule is CCOc1ccccc1C(CN1CC(C)CC(C)C1)NC. The Labute approximate surface area is 129 Å². The highest BCUT2D eigenvalue weighted by Gasteiger charge is 2.25. The van der Waals surface area contributed by atoms with Gasteiger partial charge in [0, 0.05) is 31.2 Å². The zero-order valence-corrected chi connectivity index (χ0v) is 13.9. The van der Waals surface area contributed by atoms with Crippen molar-refractivity contribution >= 4 is 0 Å². The summed E-state index contributed by atoms with van der Waals surface area (Å²) in [7, 11) is 2.05. The molecule has 1 aromatic carbocycles. The standard InChI is InChI=1S/C18H30N2O/c1-5-21-18-9-7-6-8-16(18)17(19-4)13-20-11-14(2)10-15(3)12-20/h6-9,14-15,17,19H,5,10-13H2,1-4H3. The van der Waals surface area contributed by atoms with Crippen molar-refractivity contribution in [2.45, 2.75) is 33.2 Å². The van der Waals surface area contributed by atoms with Gasteiger partial charge in [0.2, 0.25) is 0 Å². The van der Waals surface area contributed by atoms with E-state index in [1.54, 1.807) is 0 Å². The minimum absolute atomic E-state index is 0.324. The molecule has 3 nitrogen and oxygen atoms in total. The molecule has 1 aliphatic rings. The predicted octanol–water partition coefficient (Wildman–Crippen LogP) is 3.32. The summed E-state index contributed by atoms with van der Waals surface area (Å²) in [6.07, 6.45) is 1.36. The van der Waals surface area contributed by atoms with Crippen LogP contribution < -0.4 is 10.1 Å². The van der Waals surface area contributed by atoms with Gasteiger partial charge >= 0.3 is 0 Å². The van der Waals surface area contributed by atoms with E-state index in [1.807, 2.05) is 20.0 Å². The lowest BCUT2D eigenvalue weighted by Crippen LogP contribution is -2.42. The van der Waals surface area contributed by atoms with Crippen molar-refractivity contribution in [3.8, 4) is 5.75 Å². The highest BCUT2D eigenvalue weighted by Crippen LogP contribution is 2.28. The highest BCUT2D eigenvalue weighted by atomic mass is 16.5. The van der Waals surface area contributed by atoms with Crippen LogP contribution in [0, 0.1) is 11.8 Å². The molecule has 118 valence electrons. The van der Waals surface area contributed by atoms with Gasteiger partial charge in [-0.2, -0.15) is 0 Å². The summed E-state index contributed by atoms with van der Waals surface area (Å²) in [6, 6.07) is 8.73. The Hall–Kier alpha value is -1.06. The molecule has 1 heterocycles. The third-order valence-corrected chi connectivity index (χ3v) is 4.33. The summed E-state index contributed by atoms with van der Waals surface area (Å²) in [5.74, 6) is 2.61. The van der Waals surface area contributed by atoms with Crippen LogP contribution in [0.3, 0.4) is 0 Å². The first kappa shape index (κ1) is 16.3. The molecule has 1 fully saturated rings. The molecule has 1 saturated heterocycles. The van der Waals surface area contributed by atoms with Crippen molar-refractivity contribution in [3.63, 3.8) is 0 Å². The number of rotatable bonds is 6. The fourth-order valence-corrected chi connectivity index (χ4v) is 3.60. The maximum atomic E-state index is 5.79. The molecule has 0 aliphatic carbocycles. The molecule has 0 aromatic heterocycles. The molecule has 1 aliphatic heterocycles. The second-order valence-electron chi connectivity index (χ2n) is 6.48. The molecule has 3 unspecified atom stereocenters. The molecule has 0 bridgehead atoms. The van der Waals surface area contributed by atoms with E-state index in [9.17, 15) is 0 Å². The van der Waals surface area contributed by atoms with Crippen molar-refractivity contribution in [2.75, 3.05) is 33.3 Å². The first-order valence-electron chi connectivity index (χ1n) is 8.25. The summed E-state index contributed by atoms with van der Waals surface area (Å²) in [5.41, 5.74) is 1.27. The second-order valence-corrected chi connectivity index (χ2v) is 6.48. The summed E-state index contributed by atoms with van der Waals surface area (Å²) in [5, 5.41) is 3.47. The molecule has 1 aromatic rings. The fourth-order valence-electron chi connectivity index (χ4n) is 3.60. The summed E-state index contributed by atoms with van der Waals surface area (Å²) in [4.78, 5) is 2.60. The van der Waals surface area contributed by atoms with Gasteiger partial charge in [0.15, 0.2) is 0 Å². The zero-order valence-electron chi connectivity index (χ0n) is 13.9. The minimum atomic E-state index is 0.324. The molecule has 0 amide bonds. The zero-order chi connectivity index (χ0) is 15.2. The highest BCUT2D eigenvalue weighted by molar-refractivity contribution is 5.36. The van der Waals surface area contributed by atoms with E-state index in [0.717, 1.165) is 24.1 Å². The third kappa shape index (κ3) is 4.45. The fraction of sp³-hybridized carbons (Fsp3) is 0.667. The normalized spacial score (nSPS) is 24.8. The van der Waals surface area contributed by atoms with Crippen molar-refractivity contribution in [1.82, 2.24) is 10.2 Å². The van der Waals surface area contributed by atoms with Gasteiger partial charge in [0.05, 0.1) is 6.61 Å². The molecule has 21 heavy (non-hydrogen) atoms. The van der Waals surface area contributed by atoms with E-state index in [0.29, 0.717) is 12.6 Å². The van der Waals surface area contributed by atoms with Gasteiger partial charge in [-0.25, -0.2) is 0 Å². The number of para-hydroxylation sites is 1. The van der Waals surface area contributed by atoms with Gasteiger partial charge in [0.25, 0.3) is 0 Å². The van der Waals surface area contributed by atoms with Crippen molar-refractivity contribution in [1.29, 1.82) is 0 Å². The van der Waals surface area contributed by atoms with Crippen LogP contribution in [0.15, 0.2) is 24.3 Å². The van der Waals surface area contributed by atoms with Crippen LogP contribution in [0.1, 0.15) is 38.8 Å². The van der Waals surface area contributed by atoms with E-state index in [1.165, 1.54) is 25.1 Å². The predicted molar refractivity (Wildman–Crippen MR) is 88.8 cm³/mol. The number of hydrogen-bond donors (Lipinski definition) is 1. The van der Waals surface area contributed by atoms with Gasteiger partial charge in [-0.05, 0) is 38.3 Å². The smallest absolute Gasteiger partial charge is 0.124 e. The molecule has 0 spiro atoms. The quantitative estimate of drug-likeness (QED) is 0.870. The van der Waals surface area contributed by atoms with E-state index in [4.69, 9.17) is 4.74 Å². The van der Waals surface area contributed by atoms with Crippen LogP contribution in [0.2, 0.25) is 0 Å². The van der Waals surface area contributed by atoms with Gasteiger partial charge in [-0.1, -0.05) is 32.0 Å². The van der Waals surface area contributed by atoms with E-state index in [-0.39, 0.29) is 0 Å². The van der Waals surface area contributed by atoms with Gasteiger partial charge in [-0.15, -0.1) is 0 Å². The number of benzene rings is 1. The molecular formula is C18H30N2O. The Kier molecular flexibility index (Phi) is 6.07. The minimum Gasteiger partial charge on any atom is -0.494 e. The summed E-state index contributed by atoms with van der Waals surface area (Å²) in [6.45, 7) is 11.0. The van der Waals surface area contributed by atoms with E-state index >= 15 is 0 Å². The number of ether oxygens (including phenoxy) is 1. The molecule has 0 radical (unpaired) electrons. The summed E-state index contributed by atoms with van der Waals surface area (Å²) < 4.78 is 5.79. The lowest BCUT2D eigenvalue weighted by atomic mass is 9.91. The second kappa shape index (κ2) is 7.81. The number of likely N-dealkylation sites (tertiary alicyclic amines) is 1. The van der Waals surface area contributed by atoms with E-state index < -0.39 is 0 Å². The van der Waals surface area contributed by atoms with Crippen molar-refractivity contribution in [2.24, 2.45) is 11.8 Å². The molecule has 0 saturated carbocycles. The number of hydrogen-bond acceptors (Lipinski definition) is 3. The Bertz CT molecular complexity index is 425. The van der Waals surface area contributed by atoms with Gasteiger partial charge in [-0.3, -0.25) is 0 Å². The Morgan fingerprint density at radius 2 is 1.90 bits per heavy atom. The average molecular weight is 290 g/mol. The number of likely N-dealkylation sites (N-methyl/N-ethyl adjacent to an activating group) is 1. The number of nitrogens with zero attached hydrogens (tertiary/aromatic N) is 1. The molecule has 3 heteroatoms. The third-order valence-electron chi connectivity index (χ3n) is 4.33. The number of piperidine rings is 1. The summed E-state index contributed by atoms with van der Waals surface area (Å²) >= 11 is 0. The molecule has 3 atom stereocenters. The molecule has 2 rings (SSSR count). The van der Waals surface area contributed by atoms with Crippen LogP contribution in [-0.2, 0) is 0 Å². The van der Waals surface area contributed by atoms with Crippen LogP contribution >= 0.6 is 0 Å². The van der Waals surface area contributed by atoms with Crippen molar-refractivity contribution in [3.05, 3.63) is 29.8 Å². The molecule has 1 N–H and O–H groups in total. The maximum absolute atomic E-state index is 5.79. The van der Waals surface area contributed by atoms with Crippen molar-refractivity contribution < 1.29 is 4.74 Å². The lowest BCUT2D eigenvalue weighted by Gasteiger charge is -2.37. The van der Waals surface area contributed by atoms with E-state index in [2.05, 4.69) is 42.3 Å². The Balaban J connectivity index is 2.09. The topological polar surface area (TPSA) is 24.5 Å². The van der Waals surface area contributed by atoms with Crippen LogP contribution in [0.25, 0.3) is 0 Å². The maximum Gasteiger partial charge on any atom is 0.124 e. The Morgan fingerprint density at radius 3 is 2.52 bits per heavy atom. The monoisotopic (exact) mass is 290 g/mol. The van der Waals surface area contributed by atoms with Gasteiger partial charge < -0.3 is 15.0 Å². The Morgan fingerprint density at radius 1 is 1.24 bits per heavy atom. The average Bonchev–Trinajstić information content (AvgIpc) is 2.45. The molecular weight excluding hydrogens is 260 g/mol. The van der Waals surface area contributed by atoms with Gasteiger partial charge in [0.1, 0.15) is 5.75 Å². The number of nitrogens with one attached hydrogen (secondary N) is 1. The lowest BCUT2D eigenvalue weighted by molar-refractivity contribution is 0.129.